The molecule has 2 N–H and O–H groups in total. The highest BCUT2D eigenvalue weighted by Gasteiger charge is 2.37. The molecule has 1 aliphatic carbocycles. The van der Waals surface area contributed by atoms with Crippen LogP contribution >= 0.6 is 11.8 Å². The Bertz CT molecular complexity index is 400. The minimum Gasteiger partial charge on any atom is -0.464 e. The van der Waals surface area contributed by atoms with Crippen LogP contribution in [0.3, 0.4) is 0 Å². The SMILES string of the molecule is CC1CC1c1ccc(C(CN)N2CCSCC2)o1. The fourth-order valence-corrected chi connectivity index (χ4v) is 3.73. The molecule has 2 heterocycles. The van der Waals surface area contributed by atoms with Crippen LogP contribution in [-0.2, 0) is 0 Å². The van der Waals surface area contributed by atoms with Gasteiger partial charge in [0.25, 0.3) is 0 Å². The maximum atomic E-state index is 6.06. The van der Waals surface area contributed by atoms with Gasteiger partial charge in [0.1, 0.15) is 11.5 Å². The fraction of sp³-hybridized carbons (Fsp3) is 0.714. The Kier molecular flexibility index (Phi) is 3.68. The lowest BCUT2D eigenvalue weighted by Gasteiger charge is -2.32. The van der Waals surface area contributed by atoms with Crippen LogP contribution in [0.5, 0.6) is 0 Å². The molecule has 0 spiro atoms. The Morgan fingerprint density at radius 2 is 2.17 bits per heavy atom. The maximum Gasteiger partial charge on any atom is 0.122 e. The summed E-state index contributed by atoms with van der Waals surface area (Å²) in [7, 11) is 0. The summed E-state index contributed by atoms with van der Waals surface area (Å²) in [5.74, 6) is 6.12. The highest BCUT2D eigenvalue weighted by atomic mass is 32.2. The van der Waals surface area contributed by atoms with Crippen LogP contribution < -0.4 is 5.73 Å². The molecule has 1 saturated carbocycles. The Labute approximate surface area is 113 Å². The van der Waals surface area contributed by atoms with Crippen molar-refractivity contribution in [3.8, 4) is 0 Å². The van der Waals surface area contributed by atoms with E-state index in [1.807, 2.05) is 11.8 Å². The fourth-order valence-electron chi connectivity index (χ4n) is 2.80. The zero-order valence-electron chi connectivity index (χ0n) is 11.0. The van der Waals surface area contributed by atoms with E-state index in [1.165, 1.54) is 23.7 Å². The third-order valence-electron chi connectivity index (χ3n) is 4.16. The Morgan fingerprint density at radius 1 is 1.44 bits per heavy atom. The van der Waals surface area contributed by atoms with Gasteiger partial charge in [0.2, 0.25) is 0 Å². The second kappa shape index (κ2) is 5.27. The molecule has 3 atom stereocenters. The predicted octanol–water partition coefficient (Wildman–Crippen LogP) is 2.45. The summed E-state index contributed by atoms with van der Waals surface area (Å²) in [4.78, 5) is 2.47. The predicted molar refractivity (Wildman–Crippen MR) is 75.9 cm³/mol. The van der Waals surface area contributed by atoms with Crippen LogP contribution in [0.1, 0.15) is 36.8 Å². The molecule has 0 bridgehead atoms. The molecular weight excluding hydrogens is 244 g/mol. The van der Waals surface area contributed by atoms with E-state index in [-0.39, 0.29) is 6.04 Å². The van der Waals surface area contributed by atoms with E-state index >= 15 is 0 Å². The van der Waals surface area contributed by atoms with Crippen molar-refractivity contribution >= 4 is 11.8 Å². The van der Waals surface area contributed by atoms with Gasteiger partial charge in [0.15, 0.2) is 0 Å². The molecule has 1 aromatic heterocycles. The topological polar surface area (TPSA) is 42.4 Å². The standard InChI is InChI=1S/C14H22N2OS/c1-10-8-11(10)13-2-3-14(17-13)12(9-15)16-4-6-18-7-5-16/h2-3,10-12H,4-9,15H2,1H3. The Balaban J connectivity index is 1.72. The molecule has 1 saturated heterocycles. The largest absolute Gasteiger partial charge is 0.464 e. The Hall–Kier alpha value is -0.450. The summed E-state index contributed by atoms with van der Waals surface area (Å²) in [6, 6.07) is 4.57. The summed E-state index contributed by atoms with van der Waals surface area (Å²) < 4.78 is 6.06. The third kappa shape index (κ3) is 2.46. The number of hydrogen-bond donors (Lipinski definition) is 1. The van der Waals surface area contributed by atoms with Crippen molar-refractivity contribution in [3.63, 3.8) is 0 Å². The Morgan fingerprint density at radius 3 is 2.78 bits per heavy atom. The quantitative estimate of drug-likeness (QED) is 0.909. The van der Waals surface area contributed by atoms with Crippen LogP contribution in [0.15, 0.2) is 16.5 Å². The van der Waals surface area contributed by atoms with Crippen LogP contribution in [0.25, 0.3) is 0 Å². The van der Waals surface area contributed by atoms with E-state index in [0.717, 1.165) is 24.8 Å². The molecule has 100 valence electrons. The van der Waals surface area contributed by atoms with Crippen molar-refractivity contribution in [2.45, 2.75) is 25.3 Å². The van der Waals surface area contributed by atoms with Gasteiger partial charge in [-0.1, -0.05) is 6.92 Å². The summed E-state index contributed by atoms with van der Waals surface area (Å²) in [5.41, 5.74) is 5.96. The average Bonchev–Trinajstić information content (AvgIpc) is 2.94. The lowest BCUT2D eigenvalue weighted by molar-refractivity contribution is 0.195. The third-order valence-corrected chi connectivity index (χ3v) is 5.10. The second-order valence-electron chi connectivity index (χ2n) is 5.46. The number of nitrogens with two attached hydrogens (primary N) is 1. The average molecular weight is 266 g/mol. The van der Waals surface area contributed by atoms with Gasteiger partial charge in [-0.05, 0) is 24.5 Å². The molecule has 3 rings (SSSR count). The lowest BCUT2D eigenvalue weighted by Crippen LogP contribution is -2.39. The van der Waals surface area contributed by atoms with Gasteiger partial charge in [-0.25, -0.2) is 0 Å². The zero-order valence-corrected chi connectivity index (χ0v) is 11.8. The van der Waals surface area contributed by atoms with Gasteiger partial charge in [-0.2, -0.15) is 11.8 Å². The highest BCUT2D eigenvalue weighted by Crippen LogP contribution is 2.47. The number of thioether (sulfide) groups is 1. The van der Waals surface area contributed by atoms with E-state index in [1.54, 1.807) is 0 Å². The first-order valence-electron chi connectivity index (χ1n) is 6.91. The number of furan rings is 1. The molecule has 0 radical (unpaired) electrons. The first kappa shape index (κ1) is 12.6. The number of nitrogens with zero attached hydrogens (tertiary/aromatic N) is 1. The zero-order chi connectivity index (χ0) is 12.5. The summed E-state index contributed by atoms with van der Waals surface area (Å²) in [6.07, 6.45) is 1.28. The monoisotopic (exact) mass is 266 g/mol. The van der Waals surface area contributed by atoms with Crippen molar-refractivity contribution in [1.29, 1.82) is 0 Å². The van der Waals surface area contributed by atoms with Gasteiger partial charge in [-0.15, -0.1) is 0 Å². The van der Waals surface area contributed by atoms with Crippen LogP contribution in [0.2, 0.25) is 0 Å². The van der Waals surface area contributed by atoms with Gasteiger partial charge in [0.05, 0.1) is 6.04 Å². The smallest absolute Gasteiger partial charge is 0.122 e. The minimum atomic E-state index is 0.272. The molecule has 4 heteroatoms. The molecule has 0 amide bonds. The van der Waals surface area contributed by atoms with Crippen LogP contribution in [0, 0.1) is 5.92 Å². The summed E-state index contributed by atoms with van der Waals surface area (Å²) in [6.45, 7) is 5.19. The van der Waals surface area contributed by atoms with E-state index in [0.29, 0.717) is 12.5 Å². The van der Waals surface area contributed by atoms with Crippen molar-refractivity contribution in [3.05, 3.63) is 23.7 Å². The molecule has 2 fully saturated rings. The molecule has 18 heavy (non-hydrogen) atoms. The second-order valence-corrected chi connectivity index (χ2v) is 6.68. The molecule has 2 aliphatic rings. The van der Waals surface area contributed by atoms with E-state index in [2.05, 4.69) is 24.0 Å². The maximum absolute atomic E-state index is 6.06. The van der Waals surface area contributed by atoms with Gasteiger partial charge >= 0.3 is 0 Å². The van der Waals surface area contributed by atoms with E-state index in [4.69, 9.17) is 10.2 Å². The summed E-state index contributed by atoms with van der Waals surface area (Å²) in [5, 5.41) is 0. The van der Waals surface area contributed by atoms with Crippen molar-refractivity contribution in [2.75, 3.05) is 31.1 Å². The molecule has 0 aromatic carbocycles. The number of rotatable bonds is 4. The summed E-state index contributed by atoms with van der Waals surface area (Å²) >= 11 is 2.03. The normalized spacial score (nSPS) is 30.3. The molecular formula is C14H22N2OS. The van der Waals surface area contributed by atoms with Crippen LogP contribution in [-0.4, -0.2) is 36.0 Å². The van der Waals surface area contributed by atoms with Gasteiger partial charge in [-0.3, -0.25) is 4.90 Å². The van der Waals surface area contributed by atoms with Gasteiger partial charge < -0.3 is 10.2 Å². The van der Waals surface area contributed by atoms with Crippen molar-refractivity contribution in [2.24, 2.45) is 11.7 Å². The molecule has 1 aromatic rings. The first-order valence-corrected chi connectivity index (χ1v) is 8.06. The van der Waals surface area contributed by atoms with Gasteiger partial charge in [0, 0.05) is 37.1 Å². The van der Waals surface area contributed by atoms with E-state index < -0.39 is 0 Å². The van der Waals surface area contributed by atoms with E-state index in [9.17, 15) is 0 Å². The minimum absolute atomic E-state index is 0.272. The van der Waals surface area contributed by atoms with Crippen LogP contribution in [0.4, 0.5) is 0 Å². The first-order chi connectivity index (χ1) is 8.79. The molecule has 1 aliphatic heterocycles. The van der Waals surface area contributed by atoms with Crippen molar-refractivity contribution in [1.82, 2.24) is 4.90 Å². The van der Waals surface area contributed by atoms with Crippen molar-refractivity contribution < 1.29 is 4.42 Å². The number of hydrogen-bond acceptors (Lipinski definition) is 4. The molecule has 3 nitrogen and oxygen atoms in total. The lowest BCUT2D eigenvalue weighted by atomic mass is 10.2. The molecule has 3 unspecified atom stereocenters. The highest BCUT2D eigenvalue weighted by molar-refractivity contribution is 7.99.